The molecule has 0 saturated carbocycles. The number of anilines is 1. The highest BCUT2D eigenvalue weighted by Gasteiger charge is 2.03. The van der Waals surface area contributed by atoms with Crippen LogP contribution in [0.5, 0.6) is 0 Å². The Balaban J connectivity index is 3.00. The molecule has 1 aromatic rings. The Hall–Kier alpha value is -0.220. The number of pyridine rings is 1. The number of aromatic nitrogens is 1. The Morgan fingerprint density at radius 1 is 1.43 bits per heavy atom. The van der Waals surface area contributed by atoms with Crippen molar-refractivity contribution in [1.29, 1.82) is 0 Å². The summed E-state index contributed by atoms with van der Waals surface area (Å²) in [5.74, 6) is 2.09. The van der Waals surface area contributed by atoms with Crippen LogP contribution in [0.25, 0.3) is 0 Å². The standard InChI is InChI=1S/C10H15BrN2S/c1-4-14-10-6-8(7-11)5-9(12-10)13(2)3/h5-6H,4,7H2,1-3H3. The molecule has 0 bridgehead atoms. The number of hydrogen-bond donors (Lipinski definition) is 0. The van der Waals surface area contributed by atoms with Crippen molar-refractivity contribution in [1.82, 2.24) is 4.98 Å². The van der Waals surface area contributed by atoms with E-state index in [1.165, 1.54) is 5.56 Å². The van der Waals surface area contributed by atoms with Crippen LogP contribution in [0.15, 0.2) is 17.2 Å². The summed E-state index contributed by atoms with van der Waals surface area (Å²) in [5.41, 5.74) is 1.28. The molecule has 0 aliphatic heterocycles. The van der Waals surface area contributed by atoms with Gasteiger partial charge in [-0.2, -0.15) is 0 Å². The number of thioether (sulfide) groups is 1. The Morgan fingerprint density at radius 2 is 2.14 bits per heavy atom. The second-order valence-electron chi connectivity index (χ2n) is 3.13. The summed E-state index contributed by atoms with van der Waals surface area (Å²) in [6.45, 7) is 2.14. The van der Waals surface area contributed by atoms with Crippen molar-refractivity contribution < 1.29 is 0 Å². The van der Waals surface area contributed by atoms with Crippen molar-refractivity contribution in [3.8, 4) is 0 Å². The van der Waals surface area contributed by atoms with Crippen LogP contribution in [-0.2, 0) is 5.33 Å². The maximum Gasteiger partial charge on any atom is 0.129 e. The Kier molecular flexibility index (Phi) is 4.75. The average molecular weight is 275 g/mol. The highest BCUT2D eigenvalue weighted by Crippen LogP contribution is 2.22. The van der Waals surface area contributed by atoms with Gasteiger partial charge in [-0.05, 0) is 23.4 Å². The average Bonchev–Trinajstić information content (AvgIpc) is 2.17. The number of nitrogens with zero attached hydrogens (tertiary/aromatic N) is 2. The molecule has 0 radical (unpaired) electrons. The van der Waals surface area contributed by atoms with Crippen molar-refractivity contribution in [3.05, 3.63) is 17.7 Å². The quantitative estimate of drug-likeness (QED) is 0.620. The summed E-state index contributed by atoms with van der Waals surface area (Å²) in [6, 6.07) is 4.24. The molecule has 0 aliphatic rings. The molecule has 1 aromatic heterocycles. The monoisotopic (exact) mass is 274 g/mol. The zero-order valence-corrected chi connectivity index (χ0v) is 11.2. The predicted octanol–water partition coefficient (Wildman–Crippen LogP) is 3.15. The lowest BCUT2D eigenvalue weighted by molar-refractivity contribution is 1.01. The molecule has 0 saturated heterocycles. The summed E-state index contributed by atoms with van der Waals surface area (Å²) >= 11 is 5.25. The highest BCUT2D eigenvalue weighted by molar-refractivity contribution is 9.08. The van der Waals surface area contributed by atoms with E-state index in [9.17, 15) is 0 Å². The smallest absolute Gasteiger partial charge is 0.129 e. The molecule has 0 fully saturated rings. The fourth-order valence-corrected chi connectivity index (χ4v) is 2.08. The van der Waals surface area contributed by atoms with Crippen LogP contribution in [0.1, 0.15) is 12.5 Å². The third-order valence-corrected chi connectivity index (χ3v) is 3.19. The molecule has 0 aromatic carbocycles. The maximum absolute atomic E-state index is 4.54. The van der Waals surface area contributed by atoms with E-state index in [-0.39, 0.29) is 0 Å². The largest absolute Gasteiger partial charge is 0.363 e. The van der Waals surface area contributed by atoms with Crippen molar-refractivity contribution >= 4 is 33.5 Å². The molecule has 78 valence electrons. The van der Waals surface area contributed by atoms with Crippen molar-refractivity contribution in [2.75, 3.05) is 24.7 Å². The van der Waals surface area contributed by atoms with Gasteiger partial charge in [0.25, 0.3) is 0 Å². The minimum absolute atomic E-state index is 0.883. The van der Waals surface area contributed by atoms with E-state index < -0.39 is 0 Å². The predicted molar refractivity (Wildman–Crippen MR) is 67.6 cm³/mol. The van der Waals surface area contributed by atoms with Crippen molar-refractivity contribution in [2.24, 2.45) is 0 Å². The first-order valence-electron chi connectivity index (χ1n) is 4.54. The first-order chi connectivity index (χ1) is 6.67. The van der Waals surface area contributed by atoms with E-state index in [0.29, 0.717) is 0 Å². The van der Waals surface area contributed by atoms with Gasteiger partial charge < -0.3 is 4.90 Å². The van der Waals surface area contributed by atoms with Gasteiger partial charge in [-0.25, -0.2) is 4.98 Å². The van der Waals surface area contributed by atoms with Gasteiger partial charge >= 0.3 is 0 Å². The molecule has 0 amide bonds. The number of alkyl halides is 1. The van der Waals surface area contributed by atoms with Gasteiger partial charge in [0.2, 0.25) is 0 Å². The molecule has 0 N–H and O–H groups in total. The maximum atomic E-state index is 4.54. The molecule has 1 rings (SSSR count). The van der Waals surface area contributed by atoms with E-state index in [2.05, 4.69) is 40.0 Å². The topological polar surface area (TPSA) is 16.1 Å². The lowest BCUT2D eigenvalue weighted by atomic mass is 10.3. The van der Waals surface area contributed by atoms with Gasteiger partial charge in [0.05, 0.1) is 5.03 Å². The molecule has 2 nitrogen and oxygen atoms in total. The summed E-state index contributed by atoms with van der Waals surface area (Å²) in [6.07, 6.45) is 0. The minimum atomic E-state index is 0.883. The van der Waals surface area contributed by atoms with Gasteiger partial charge in [0.15, 0.2) is 0 Å². The summed E-state index contributed by atoms with van der Waals surface area (Å²) < 4.78 is 0. The van der Waals surface area contributed by atoms with Crippen LogP contribution >= 0.6 is 27.7 Å². The van der Waals surface area contributed by atoms with Crippen LogP contribution in [0.4, 0.5) is 5.82 Å². The highest BCUT2D eigenvalue weighted by atomic mass is 79.9. The third kappa shape index (κ3) is 3.17. The summed E-state index contributed by atoms with van der Waals surface area (Å²) in [7, 11) is 4.03. The molecule has 0 aliphatic carbocycles. The van der Waals surface area contributed by atoms with E-state index >= 15 is 0 Å². The SMILES string of the molecule is CCSc1cc(CBr)cc(N(C)C)n1. The first-order valence-corrected chi connectivity index (χ1v) is 6.65. The van der Waals surface area contributed by atoms with Crippen LogP contribution in [0, 0.1) is 0 Å². The Bertz CT molecular complexity index is 302. The molecule has 0 atom stereocenters. The molecule has 1 heterocycles. The fraction of sp³-hybridized carbons (Fsp3) is 0.500. The first kappa shape index (κ1) is 11.9. The second-order valence-corrected chi connectivity index (χ2v) is 4.98. The molecule has 0 unspecified atom stereocenters. The Morgan fingerprint density at radius 3 is 2.64 bits per heavy atom. The number of hydrogen-bond acceptors (Lipinski definition) is 3. The Labute approximate surface area is 98.2 Å². The number of rotatable bonds is 4. The van der Waals surface area contributed by atoms with E-state index in [1.54, 1.807) is 11.8 Å². The normalized spacial score (nSPS) is 10.3. The van der Waals surface area contributed by atoms with Gasteiger partial charge in [-0.15, -0.1) is 11.8 Å². The second kappa shape index (κ2) is 5.61. The summed E-state index contributed by atoms with van der Waals surface area (Å²) in [5, 5.41) is 1.99. The zero-order valence-electron chi connectivity index (χ0n) is 8.75. The van der Waals surface area contributed by atoms with Crippen LogP contribution in [-0.4, -0.2) is 24.8 Å². The van der Waals surface area contributed by atoms with E-state index in [1.807, 2.05) is 19.0 Å². The van der Waals surface area contributed by atoms with Gasteiger partial charge in [0.1, 0.15) is 5.82 Å². The molecular weight excluding hydrogens is 260 g/mol. The fourth-order valence-electron chi connectivity index (χ4n) is 1.07. The van der Waals surface area contributed by atoms with Crippen LogP contribution in [0.2, 0.25) is 0 Å². The number of halogens is 1. The molecule has 0 spiro atoms. The third-order valence-electron chi connectivity index (χ3n) is 1.75. The van der Waals surface area contributed by atoms with Gasteiger partial charge in [-0.3, -0.25) is 0 Å². The van der Waals surface area contributed by atoms with Crippen LogP contribution < -0.4 is 4.90 Å². The summed E-state index contributed by atoms with van der Waals surface area (Å²) in [4.78, 5) is 6.57. The minimum Gasteiger partial charge on any atom is -0.363 e. The van der Waals surface area contributed by atoms with Crippen molar-refractivity contribution in [2.45, 2.75) is 17.3 Å². The zero-order chi connectivity index (χ0) is 10.6. The van der Waals surface area contributed by atoms with Gasteiger partial charge in [-0.1, -0.05) is 22.9 Å². The lowest BCUT2D eigenvalue weighted by Gasteiger charge is -2.13. The lowest BCUT2D eigenvalue weighted by Crippen LogP contribution is -2.11. The van der Waals surface area contributed by atoms with E-state index in [0.717, 1.165) is 21.9 Å². The molecule has 4 heteroatoms. The molecular formula is C10H15BrN2S. The van der Waals surface area contributed by atoms with E-state index in [4.69, 9.17) is 0 Å². The van der Waals surface area contributed by atoms with Gasteiger partial charge in [0, 0.05) is 19.4 Å². The molecule has 14 heavy (non-hydrogen) atoms. The van der Waals surface area contributed by atoms with Crippen LogP contribution in [0.3, 0.4) is 0 Å². The van der Waals surface area contributed by atoms with Crippen molar-refractivity contribution in [3.63, 3.8) is 0 Å².